The number of nitrogens with one attached hydrogen (secondary N) is 1. The SMILES string of the molecule is Cc1c(S(=O)(=O)Nc2ccc(-c3cncnc3)cc2C(F)(F)F)sc2ccc(F)cc12. The maximum Gasteiger partial charge on any atom is 0.418 e. The molecule has 0 aliphatic rings. The van der Waals surface area contributed by atoms with Crippen molar-refractivity contribution >= 4 is 37.1 Å². The quantitative estimate of drug-likeness (QED) is 0.395. The number of rotatable bonds is 4. The van der Waals surface area contributed by atoms with Crippen LogP contribution in [0.4, 0.5) is 23.2 Å². The molecule has 2 heterocycles. The Kier molecular flexibility index (Phi) is 5.18. The molecule has 0 saturated carbocycles. The number of alkyl halides is 3. The molecule has 2 aromatic carbocycles. The fourth-order valence-corrected chi connectivity index (χ4v) is 5.94. The summed E-state index contributed by atoms with van der Waals surface area (Å²) in [7, 11) is -4.36. The molecule has 5 nitrogen and oxygen atoms in total. The van der Waals surface area contributed by atoms with Gasteiger partial charge in [0, 0.05) is 22.7 Å². The Bertz CT molecular complexity index is 1390. The van der Waals surface area contributed by atoms with Crippen LogP contribution in [0.1, 0.15) is 11.1 Å². The highest BCUT2D eigenvalue weighted by atomic mass is 32.2. The molecule has 0 atom stereocenters. The zero-order valence-electron chi connectivity index (χ0n) is 15.7. The average molecular weight is 467 g/mol. The van der Waals surface area contributed by atoms with E-state index in [1.54, 1.807) is 0 Å². The van der Waals surface area contributed by atoms with E-state index in [-0.39, 0.29) is 15.3 Å². The molecule has 11 heteroatoms. The van der Waals surface area contributed by atoms with Gasteiger partial charge in [-0.3, -0.25) is 4.72 Å². The third-order valence-corrected chi connectivity index (χ3v) is 7.82. The van der Waals surface area contributed by atoms with Gasteiger partial charge in [-0.2, -0.15) is 13.2 Å². The Morgan fingerprint density at radius 1 is 1.00 bits per heavy atom. The minimum atomic E-state index is -4.82. The molecule has 4 rings (SSSR count). The number of aryl methyl sites for hydroxylation is 1. The molecule has 0 fully saturated rings. The van der Waals surface area contributed by atoms with E-state index < -0.39 is 33.3 Å². The van der Waals surface area contributed by atoms with Gasteiger partial charge in [0.1, 0.15) is 16.4 Å². The Morgan fingerprint density at radius 2 is 1.71 bits per heavy atom. The summed E-state index contributed by atoms with van der Waals surface area (Å²) in [5, 5.41) is 0.390. The summed E-state index contributed by atoms with van der Waals surface area (Å²) in [5.41, 5.74) is -0.967. The minimum Gasteiger partial charge on any atom is -0.278 e. The smallest absolute Gasteiger partial charge is 0.278 e. The van der Waals surface area contributed by atoms with Crippen LogP contribution < -0.4 is 4.72 Å². The van der Waals surface area contributed by atoms with E-state index in [0.29, 0.717) is 15.6 Å². The molecule has 4 aromatic rings. The molecule has 0 aliphatic heterocycles. The largest absolute Gasteiger partial charge is 0.418 e. The van der Waals surface area contributed by atoms with Gasteiger partial charge < -0.3 is 0 Å². The Morgan fingerprint density at radius 3 is 2.39 bits per heavy atom. The maximum absolute atomic E-state index is 13.7. The molecule has 0 amide bonds. The Labute approximate surface area is 178 Å². The monoisotopic (exact) mass is 467 g/mol. The summed E-state index contributed by atoms with van der Waals surface area (Å²) in [5.74, 6) is -0.537. The van der Waals surface area contributed by atoms with E-state index in [1.807, 2.05) is 4.72 Å². The number of benzene rings is 2. The molecule has 0 bridgehead atoms. The van der Waals surface area contributed by atoms with Gasteiger partial charge in [-0.15, -0.1) is 11.3 Å². The second-order valence-corrected chi connectivity index (χ2v) is 9.58. The van der Waals surface area contributed by atoms with Crippen LogP contribution in [-0.4, -0.2) is 18.4 Å². The Hall–Kier alpha value is -3.05. The van der Waals surface area contributed by atoms with E-state index >= 15 is 0 Å². The van der Waals surface area contributed by atoms with Crippen LogP contribution in [0, 0.1) is 12.7 Å². The molecular weight excluding hydrogens is 454 g/mol. The van der Waals surface area contributed by atoms with Crippen LogP contribution in [0.15, 0.2) is 59.3 Å². The van der Waals surface area contributed by atoms with Crippen molar-refractivity contribution in [1.29, 1.82) is 0 Å². The topological polar surface area (TPSA) is 72.0 Å². The number of hydrogen-bond donors (Lipinski definition) is 1. The van der Waals surface area contributed by atoms with E-state index in [2.05, 4.69) is 9.97 Å². The molecular formula is C20H13F4N3O2S2. The van der Waals surface area contributed by atoms with Crippen molar-refractivity contribution in [3.05, 3.63) is 72.1 Å². The lowest BCUT2D eigenvalue weighted by molar-refractivity contribution is -0.136. The van der Waals surface area contributed by atoms with Crippen LogP contribution in [-0.2, 0) is 16.2 Å². The first-order valence-corrected chi connectivity index (χ1v) is 11.0. The van der Waals surface area contributed by atoms with Crippen molar-refractivity contribution < 1.29 is 26.0 Å². The fourth-order valence-electron chi connectivity index (χ4n) is 3.11. The number of halogens is 4. The normalized spacial score (nSPS) is 12.3. The summed E-state index contributed by atoms with van der Waals surface area (Å²) in [4.78, 5) is 7.56. The van der Waals surface area contributed by atoms with Crippen molar-refractivity contribution in [1.82, 2.24) is 9.97 Å². The number of sulfonamides is 1. The third kappa shape index (κ3) is 4.10. The zero-order valence-corrected chi connectivity index (χ0v) is 17.4. The lowest BCUT2D eigenvalue weighted by Gasteiger charge is -2.16. The van der Waals surface area contributed by atoms with Crippen molar-refractivity contribution in [2.75, 3.05) is 4.72 Å². The third-order valence-electron chi connectivity index (χ3n) is 4.56. The van der Waals surface area contributed by atoms with Gasteiger partial charge in [0.25, 0.3) is 10.0 Å². The Balaban J connectivity index is 1.79. The summed E-state index contributed by atoms with van der Waals surface area (Å²) in [6.45, 7) is 1.48. The van der Waals surface area contributed by atoms with E-state index in [1.165, 1.54) is 49.9 Å². The molecule has 2 aromatic heterocycles. The average Bonchev–Trinajstić information content (AvgIpc) is 3.05. The molecule has 0 radical (unpaired) electrons. The summed E-state index contributed by atoms with van der Waals surface area (Å²) in [6, 6.07) is 7.04. The van der Waals surface area contributed by atoms with Crippen LogP contribution in [0.2, 0.25) is 0 Å². The molecule has 0 spiro atoms. The molecule has 1 N–H and O–H groups in total. The molecule has 160 valence electrons. The summed E-state index contributed by atoms with van der Waals surface area (Å²) >= 11 is 0.857. The standard InChI is InChI=1S/C20H13F4N3O2S2/c1-11-15-7-14(21)3-5-18(15)30-19(11)31(28,29)27-17-4-2-12(6-16(17)20(22,23)24)13-8-25-10-26-9-13/h2-10,27H,1H3. The first-order valence-electron chi connectivity index (χ1n) is 8.74. The van der Waals surface area contributed by atoms with Gasteiger partial charge >= 0.3 is 6.18 Å². The van der Waals surface area contributed by atoms with Gasteiger partial charge in [-0.05, 0) is 53.8 Å². The van der Waals surface area contributed by atoms with Gasteiger partial charge in [0.2, 0.25) is 0 Å². The molecule has 0 aliphatic carbocycles. The van der Waals surface area contributed by atoms with Crippen molar-refractivity contribution in [3.63, 3.8) is 0 Å². The van der Waals surface area contributed by atoms with E-state index in [9.17, 15) is 26.0 Å². The first-order chi connectivity index (χ1) is 14.6. The van der Waals surface area contributed by atoms with Crippen molar-refractivity contribution in [3.8, 4) is 11.1 Å². The number of fused-ring (bicyclic) bond motifs is 1. The highest BCUT2D eigenvalue weighted by Gasteiger charge is 2.35. The number of nitrogens with zero attached hydrogens (tertiary/aromatic N) is 2. The number of thiophene rings is 1. The summed E-state index contributed by atoms with van der Waals surface area (Å²) < 4.78 is 82.9. The fraction of sp³-hybridized carbons (Fsp3) is 0.100. The van der Waals surface area contributed by atoms with Gasteiger partial charge in [-0.1, -0.05) is 6.07 Å². The highest BCUT2D eigenvalue weighted by Crippen LogP contribution is 2.40. The number of anilines is 1. The zero-order chi connectivity index (χ0) is 22.4. The first kappa shape index (κ1) is 21.2. The second kappa shape index (κ2) is 7.57. The van der Waals surface area contributed by atoms with Gasteiger partial charge in [0.05, 0.1) is 11.3 Å². The molecule has 0 unspecified atom stereocenters. The second-order valence-electron chi connectivity index (χ2n) is 6.65. The van der Waals surface area contributed by atoms with E-state index in [0.717, 1.165) is 23.5 Å². The summed E-state index contributed by atoms with van der Waals surface area (Å²) in [6.07, 6.45) is -0.865. The predicted octanol–water partition coefficient (Wildman–Crippen LogP) is 5.63. The van der Waals surface area contributed by atoms with Crippen molar-refractivity contribution in [2.24, 2.45) is 0 Å². The van der Waals surface area contributed by atoms with Crippen LogP contribution in [0.3, 0.4) is 0 Å². The number of aromatic nitrogens is 2. The number of hydrogen-bond acceptors (Lipinski definition) is 5. The van der Waals surface area contributed by atoms with Crippen LogP contribution in [0.5, 0.6) is 0 Å². The lowest BCUT2D eigenvalue weighted by Crippen LogP contribution is -2.17. The predicted molar refractivity (Wildman–Crippen MR) is 110 cm³/mol. The minimum absolute atomic E-state index is 0.179. The van der Waals surface area contributed by atoms with Gasteiger partial charge in [0.15, 0.2) is 0 Å². The highest BCUT2D eigenvalue weighted by molar-refractivity contribution is 7.94. The van der Waals surface area contributed by atoms with Gasteiger partial charge in [-0.25, -0.2) is 22.8 Å². The molecule has 31 heavy (non-hydrogen) atoms. The lowest BCUT2D eigenvalue weighted by atomic mass is 10.0. The van der Waals surface area contributed by atoms with Crippen molar-refractivity contribution in [2.45, 2.75) is 17.3 Å². The maximum atomic E-state index is 13.7. The molecule has 0 saturated heterocycles. The van der Waals surface area contributed by atoms with Crippen LogP contribution in [0.25, 0.3) is 21.2 Å². The van der Waals surface area contributed by atoms with Crippen LogP contribution >= 0.6 is 11.3 Å². The van der Waals surface area contributed by atoms with E-state index in [4.69, 9.17) is 0 Å².